The molecule has 0 spiro atoms. The van der Waals surface area contributed by atoms with E-state index < -0.39 is 0 Å². The van der Waals surface area contributed by atoms with Crippen molar-refractivity contribution in [2.75, 3.05) is 0 Å². The lowest BCUT2D eigenvalue weighted by molar-refractivity contribution is -0.122. The van der Waals surface area contributed by atoms with Gasteiger partial charge in [0.05, 0.1) is 6.04 Å². The highest BCUT2D eigenvalue weighted by Crippen LogP contribution is 2.65. The van der Waals surface area contributed by atoms with Crippen molar-refractivity contribution >= 4 is 5.91 Å². The zero-order valence-electron chi connectivity index (χ0n) is 9.99. The van der Waals surface area contributed by atoms with Gasteiger partial charge in [-0.1, -0.05) is 13.3 Å². The number of amides is 1. The molecule has 0 heterocycles. The molecule has 90 valence electrons. The Labute approximate surface area is 97.2 Å². The number of carbonyl (C=O) groups excluding carboxylic acids is 1. The van der Waals surface area contributed by atoms with Gasteiger partial charge in [-0.2, -0.15) is 0 Å². The summed E-state index contributed by atoms with van der Waals surface area (Å²) in [6.45, 7) is 2.07. The number of rotatable bonds is 4. The second kappa shape index (κ2) is 3.73. The highest BCUT2D eigenvalue weighted by Gasteiger charge is 2.65. The Balaban J connectivity index is 1.53. The second-order valence-electron chi connectivity index (χ2n) is 5.92. The molecule has 3 aliphatic rings. The average molecular weight is 222 g/mol. The van der Waals surface area contributed by atoms with Gasteiger partial charge in [-0.25, -0.2) is 0 Å². The van der Waals surface area contributed by atoms with Crippen LogP contribution in [-0.4, -0.2) is 18.0 Å². The fourth-order valence-corrected chi connectivity index (χ4v) is 4.23. The Bertz CT molecular complexity index is 288. The Hall–Kier alpha value is -0.570. The van der Waals surface area contributed by atoms with E-state index in [-0.39, 0.29) is 11.9 Å². The number of hydrogen-bond donors (Lipinski definition) is 2. The third kappa shape index (κ3) is 1.48. The molecule has 3 fully saturated rings. The van der Waals surface area contributed by atoms with Crippen LogP contribution in [-0.2, 0) is 4.79 Å². The molecular formula is C13H22N2O. The van der Waals surface area contributed by atoms with Gasteiger partial charge in [0.1, 0.15) is 0 Å². The third-order valence-electron chi connectivity index (χ3n) is 4.98. The molecule has 5 unspecified atom stereocenters. The van der Waals surface area contributed by atoms with E-state index in [2.05, 4.69) is 12.2 Å². The van der Waals surface area contributed by atoms with E-state index in [1.165, 1.54) is 19.3 Å². The lowest BCUT2D eigenvalue weighted by atomic mass is 10.0. The molecule has 0 aromatic rings. The summed E-state index contributed by atoms with van der Waals surface area (Å²) in [5.74, 6) is 3.55. The summed E-state index contributed by atoms with van der Waals surface area (Å²) in [4.78, 5) is 11.8. The summed E-state index contributed by atoms with van der Waals surface area (Å²) < 4.78 is 0. The zero-order chi connectivity index (χ0) is 11.3. The molecule has 0 aromatic carbocycles. The summed E-state index contributed by atoms with van der Waals surface area (Å²) in [7, 11) is 0. The van der Waals surface area contributed by atoms with Crippen molar-refractivity contribution < 1.29 is 4.79 Å². The van der Waals surface area contributed by atoms with Crippen molar-refractivity contribution in [2.45, 2.75) is 51.1 Å². The van der Waals surface area contributed by atoms with E-state index in [0.717, 1.165) is 36.5 Å². The van der Waals surface area contributed by atoms with E-state index in [0.29, 0.717) is 6.04 Å². The number of nitrogens with one attached hydrogen (secondary N) is 1. The molecule has 3 saturated carbocycles. The van der Waals surface area contributed by atoms with Gasteiger partial charge in [0, 0.05) is 6.04 Å². The molecule has 3 aliphatic carbocycles. The second-order valence-corrected chi connectivity index (χ2v) is 5.92. The normalized spacial score (nSPS) is 45.2. The zero-order valence-corrected chi connectivity index (χ0v) is 9.99. The molecule has 0 aromatic heterocycles. The molecule has 0 saturated heterocycles. The monoisotopic (exact) mass is 222 g/mol. The molecular weight excluding hydrogens is 200 g/mol. The van der Waals surface area contributed by atoms with Crippen LogP contribution in [0.1, 0.15) is 39.0 Å². The van der Waals surface area contributed by atoms with Crippen LogP contribution in [0.3, 0.4) is 0 Å². The topological polar surface area (TPSA) is 55.1 Å². The molecule has 1 amide bonds. The van der Waals surface area contributed by atoms with Crippen LogP contribution < -0.4 is 11.1 Å². The van der Waals surface area contributed by atoms with Gasteiger partial charge in [0.15, 0.2) is 0 Å². The first-order chi connectivity index (χ1) is 7.72. The van der Waals surface area contributed by atoms with E-state index in [1.54, 1.807) is 0 Å². The number of nitrogens with two attached hydrogens (primary N) is 1. The molecule has 5 atom stereocenters. The SMILES string of the molecule is CCCC(N)C(=O)NC1C2C3CCC(C3)C12. The van der Waals surface area contributed by atoms with Crippen molar-refractivity contribution in [3.63, 3.8) is 0 Å². The van der Waals surface area contributed by atoms with Gasteiger partial charge in [-0.15, -0.1) is 0 Å². The van der Waals surface area contributed by atoms with Gasteiger partial charge < -0.3 is 11.1 Å². The molecule has 0 radical (unpaired) electrons. The maximum Gasteiger partial charge on any atom is 0.237 e. The van der Waals surface area contributed by atoms with Crippen LogP contribution in [0, 0.1) is 23.7 Å². The van der Waals surface area contributed by atoms with Crippen molar-refractivity contribution in [1.29, 1.82) is 0 Å². The Kier molecular flexibility index (Phi) is 2.46. The van der Waals surface area contributed by atoms with Gasteiger partial charge in [0.2, 0.25) is 5.91 Å². The van der Waals surface area contributed by atoms with Gasteiger partial charge >= 0.3 is 0 Å². The molecule has 3 heteroatoms. The molecule has 3 N–H and O–H groups in total. The van der Waals surface area contributed by atoms with Crippen LogP contribution in [0.15, 0.2) is 0 Å². The quantitative estimate of drug-likeness (QED) is 0.752. The van der Waals surface area contributed by atoms with E-state index >= 15 is 0 Å². The molecule has 3 nitrogen and oxygen atoms in total. The van der Waals surface area contributed by atoms with E-state index in [4.69, 9.17) is 5.73 Å². The van der Waals surface area contributed by atoms with Crippen molar-refractivity contribution in [3.8, 4) is 0 Å². The van der Waals surface area contributed by atoms with Crippen molar-refractivity contribution in [3.05, 3.63) is 0 Å². The van der Waals surface area contributed by atoms with E-state index in [9.17, 15) is 4.79 Å². The summed E-state index contributed by atoms with van der Waals surface area (Å²) in [5.41, 5.74) is 5.83. The maximum atomic E-state index is 11.8. The minimum absolute atomic E-state index is 0.0839. The molecule has 3 rings (SSSR count). The highest BCUT2D eigenvalue weighted by molar-refractivity contribution is 5.82. The van der Waals surface area contributed by atoms with Crippen molar-refractivity contribution in [2.24, 2.45) is 29.4 Å². The van der Waals surface area contributed by atoms with Crippen LogP contribution in [0.4, 0.5) is 0 Å². The Morgan fingerprint density at radius 1 is 1.38 bits per heavy atom. The first-order valence-corrected chi connectivity index (χ1v) is 6.78. The fourth-order valence-electron chi connectivity index (χ4n) is 4.23. The predicted octanol–water partition coefficient (Wildman–Crippen LogP) is 1.27. The maximum absolute atomic E-state index is 11.8. The standard InChI is InChI=1S/C13H22N2O/c1-2-3-9(14)13(16)15-12-10-7-4-5-8(6-7)11(10)12/h7-12H,2-6,14H2,1H3,(H,15,16). The van der Waals surface area contributed by atoms with Crippen LogP contribution >= 0.6 is 0 Å². The van der Waals surface area contributed by atoms with Crippen molar-refractivity contribution in [1.82, 2.24) is 5.32 Å². The molecule has 0 aliphatic heterocycles. The smallest absolute Gasteiger partial charge is 0.237 e. The summed E-state index contributed by atoms with van der Waals surface area (Å²) >= 11 is 0. The third-order valence-corrected chi connectivity index (χ3v) is 4.98. The largest absolute Gasteiger partial charge is 0.351 e. The Morgan fingerprint density at radius 2 is 2.00 bits per heavy atom. The predicted molar refractivity (Wildman–Crippen MR) is 62.6 cm³/mol. The minimum atomic E-state index is -0.288. The summed E-state index contributed by atoms with van der Waals surface area (Å²) in [6.07, 6.45) is 6.03. The fraction of sp³-hybridized carbons (Fsp3) is 0.923. The van der Waals surface area contributed by atoms with Crippen LogP contribution in [0.5, 0.6) is 0 Å². The van der Waals surface area contributed by atoms with Crippen LogP contribution in [0.25, 0.3) is 0 Å². The first-order valence-electron chi connectivity index (χ1n) is 6.78. The summed E-state index contributed by atoms with van der Waals surface area (Å²) in [5, 5.41) is 3.18. The first kappa shape index (κ1) is 10.6. The minimum Gasteiger partial charge on any atom is -0.351 e. The van der Waals surface area contributed by atoms with Gasteiger partial charge in [-0.05, 0) is 49.4 Å². The average Bonchev–Trinajstić information content (AvgIpc) is 2.69. The molecule has 2 bridgehead atoms. The van der Waals surface area contributed by atoms with E-state index in [1.807, 2.05) is 0 Å². The van der Waals surface area contributed by atoms with Crippen LogP contribution in [0.2, 0.25) is 0 Å². The van der Waals surface area contributed by atoms with Gasteiger partial charge in [0.25, 0.3) is 0 Å². The highest BCUT2D eigenvalue weighted by atomic mass is 16.2. The number of fused-ring (bicyclic) bond motifs is 5. The lowest BCUT2D eigenvalue weighted by Crippen LogP contribution is -2.42. The molecule has 16 heavy (non-hydrogen) atoms. The lowest BCUT2D eigenvalue weighted by Gasteiger charge is -2.14. The summed E-state index contributed by atoms with van der Waals surface area (Å²) in [6, 6.07) is 0.200. The Morgan fingerprint density at radius 3 is 2.56 bits per heavy atom. The van der Waals surface area contributed by atoms with Gasteiger partial charge in [-0.3, -0.25) is 4.79 Å². The number of hydrogen-bond acceptors (Lipinski definition) is 2. The number of carbonyl (C=O) groups is 1.